The van der Waals surface area contributed by atoms with E-state index in [4.69, 9.17) is 5.11 Å². The van der Waals surface area contributed by atoms with Crippen molar-refractivity contribution in [3.8, 4) is 0 Å². The standard InChI is InChI=1S/C13H19NO2S/c1-10(7-8-15)9-14-13(16)6-5-12-4-3-11(2)17-12/h3-6,10,15H,7-9H2,1-2H3,(H,14,16). The normalized spacial score (nSPS) is 12.9. The lowest BCUT2D eigenvalue weighted by molar-refractivity contribution is -0.116. The molecule has 0 radical (unpaired) electrons. The number of amides is 1. The van der Waals surface area contributed by atoms with Gasteiger partial charge < -0.3 is 10.4 Å². The average Bonchev–Trinajstić information content (AvgIpc) is 2.70. The van der Waals surface area contributed by atoms with Gasteiger partial charge in [-0.2, -0.15) is 0 Å². The molecule has 0 bridgehead atoms. The van der Waals surface area contributed by atoms with Crippen molar-refractivity contribution < 1.29 is 9.90 Å². The number of aliphatic hydroxyl groups is 1. The summed E-state index contributed by atoms with van der Waals surface area (Å²) in [6.45, 7) is 4.82. The molecular formula is C13H19NO2S. The molecule has 1 amide bonds. The van der Waals surface area contributed by atoms with Gasteiger partial charge >= 0.3 is 0 Å². The monoisotopic (exact) mass is 253 g/mol. The predicted octanol–water partition coefficient (Wildman–Crippen LogP) is 2.20. The van der Waals surface area contributed by atoms with Crippen LogP contribution in [0.2, 0.25) is 0 Å². The van der Waals surface area contributed by atoms with Crippen LogP contribution in [-0.4, -0.2) is 24.2 Å². The van der Waals surface area contributed by atoms with Crippen molar-refractivity contribution in [2.24, 2.45) is 5.92 Å². The van der Waals surface area contributed by atoms with Crippen LogP contribution in [0.25, 0.3) is 6.08 Å². The zero-order chi connectivity index (χ0) is 12.7. The summed E-state index contributed by atoms with van der Waals surface area (Å²) in [5, 5.41) is 11.5. The predicted molar refractivity (Wildman–Crippen MR) is 72.0 cm³/mol. The number of carbonyl (C=O) groups is 1. The van der Waals surface area contributed by atoms with Gasteiger partial charge in [-0.25, -0.2) is 0 Å². The Bertz CT molecular complexity index is 385. The van der Waals surface area contributed by atoms with Gasteiger partial charge in [-0.1, -0.05) is 6.92 Å². The maximum absolute atomic E-state index is 11.5. The van der Waals surface area contributed by atoms with Crippen LogP contribution in [0.4, 0.5) is 0 Å². The third-order valence-electron chi connectivity index (χ3n) is 2.41. The minimum Gasteiger partial charge on any atom is -0.396 e. The zero-order valence-corrected chi connectivity index (χ0v) is 11.1. The number of thiophene rings is 1. The summed E-state index contributed by atoms with van der Waals surface area (Å²) in [5.41, 5.74) is 0. The Hall–Kier alpha value is -1.13. The average molecular weight is 253 g/mol. The van der Waals surface area contributed by atoms with Crippen molar-refractivity contribution in [1.29, 1.82) is 0 Å². The van der Waals surface area contributed by atoms with E-state index in [0.717, 1.165) is 4.88 Å². The Balaban J connectivity index is 2.32. The summed E-state index contributed by atoms with van der Waals surface area (Å²) < 4.78 is 0. The molecule has 0 aromatic carbocycles. The van der Waals surface area contributed by atoms with E-state index in [-0.39, 0.29) is 12.5 Å². The maximum atomic E-state index is 11.5. The lowest BCUT2D eigenvalue weighted by Gasteiger charge is -2.09. The quantitative estimate of drug-likeness (QED) is 0.764. The second-order valence-electron chi connectivity index (χ2n) is 4.14. The van der Waals surface area contributed by atoms with Crippen molar-refractivity contribution in [3.05, 3.63) is 28.0 Å². The van der Waals surface area contributed by atoms with E-state index < -0.39 is 0 Å². The molecule has 3 nitrogen and oxygen atoms in total. The molecule has 1 rings (SSSR count). The summed E-state index contributed by atoms with van der Waals surface area (Å²) >= 11 is 1.66. The molecule has 17 heavy (non-hydrogen) atoms. The first-order valence-corrected chi connectivity index (χ1v) is 6.56. The van der Waals surface area contributed by atoms with E-state index in [9.17, 15) is 4.79 Å². The molecule has 0 aliphatic carbocycles. The Kier molecular flexibility index (Phi) is 5.94. The molecule has 1 aromatic rings. The molecule has 0 aliphatic heterocycles. The molecule has 94 valence electrons. The van der Waals surface area contributed by atoms with Gasteiger partial charge in [0.25, 0.3) is 0 Å². The lowest BCUT2D eigenvalue weighted by Crippen LogP contribution is -2.26. The minimum absolute atomic E-state index is 0.0826. The molecule has 0 saturated carbocycles. The van der Waals surface area contributed by atoms with E-state index in [1.54, 1.807) is 17.4 Å². The van der Waals surface area contributed by atoms with Gasteiger partial charge in [0.2, 0.25) is 5.91 Å². The number of aryl methyl sites for hydroxylation is 1. The summed E-state index contributed by atoms with van der Waals surface area (Å²) in [6, 6.07) is 4.03. The van der Waals surface area contributed by atoms with Crippen LogP contribution in [0.3, 0.4) is 0 Å². The van der Waals surface area contributed by atoms with Crippen LogP contribution >= 0.6 is 11.3 Å². The molecule has 1 heterocycles. The molecule has 0 aliphatic rings. The van der Waals surface area contributed by atoms with Crippen LogP contribution < -0.4 is 5.32 Å². The van der Waals surface area contributed by atoms with Gasteiger partial charge in [0.15, 0.2) is 0 Å². The van der Waals surface area contributed by atoms with Crippen molar-refractivity contribution in [1.82, 2.24) is 5.32 Å². The Morgan fingerprint density at radius 2 is 2.35 bits per heavy atom. The van der Waals surface area contributed by atoms with Gasteiger partial charge in [-0.05, 0) is 37.5 Å². The molecule has 1 aromatic heterocycles. The van der Waals surface area contributed by atoms with Crippen LogP contribution in [0.5, 0.6) is 0 Å². The third-order valence-corrected chi connectivity index (χ3v) is 3.37. The highest BCUT2D eigenvalue weighted by atomic mass is 32.1. The summed E-state index contributed by atoms with van der Waals surface area (Å²) in [6.07, 6.45) is 4.09. The Morgan fingerprint density at radius 1 is 1.59 bits per heavy atom. The molecule has 4 heteroatoms. The molecule has 0 saturated heterocycles. The molecule has 1 atom stereocenters. The number of aliphatic hydroxyl groups excluding tert-OH is 1. The second-order valence-corrected chi connectivity index (χ2v) is 5.46. The molecular weight excluding hydrogens is 234 g/mol. The smallest absolute Gasteiger partial charge is 0.244 e. The number of rotatable bonds is 6. The van der Waals surface area contributed by atoms with Crippen LogP contribution in [-0.2, 0) is 4.79 Å². The van der Waals surface area contributed by atoms with Crippen LogP contribution in [0, 0.1) is 12.8 Å². The minimum atomic E-state index is -0.0826. The van der Waals surface area contributed by atoms with Crippen molar-refractivity contribution >= 4 is 23.3 Å². The molecule has 0 fully saturated rings. The van der Waals surface area contributed by atoms with Crippen molar-refractivity contribution in [2.75, 3.05) is 13.2 Å². The third kappa shape index (κ3) is 5.65. The van der Waals surface area contributed by atoms with Gasteiger partial charge in [0.05, 0.1) is 0 Å². The first-order chi connectivity index (χ1) is 8.11. The van der Waals surface area contributed by atoms with Crippen LogP contribution in [0.1, 0.15) is 23.1 Å². The highest BCUT2D eigenvalue weighted by Gasteiger charge is 2.02. The number of carbonyl (C=O) groups excluding carboxylic acids is 1. The first-order valence-electron chi connectivity index (χ1n) is 5.75. The lowest BCUT2D eigenvalue weighted by atomic mass is 10.1. The Labute approximate surface area is 106 Å². The van der Waals surface area contributed by atoms with Crippen molar-refractivity contribution in [3.63, 3.8) is 0 Å². The van der Waals surface area contributed by atoms with Crippen LogP contribution in [0.15, 0.2) is 18.2 Å². The first kappa shape index (κ1) is 13.9. The van der Waals surface area contributed by atoms with Gasteiger partial charge in [0, 0.05) is 29.0 Å². The topological polar surface area (TPSA) is 49.3 Å². The Morgan fingerprint density at radius 3 is 2.94 bits per heavy atom. The van der Waals surface area contributed by atoms with Gasteiger partial charge in [0.1, 0.15) is 0 Å². The zero-order valence-electron chi connectivity index (χ0n) is 10.3. The second kappa shape index (κ2) is 7.25. The van der Waals surface area contributed by atoms with Crippen molar-refractivity contribution in [2.45, 2.75) is 20.3 Å². The number of hydrogen-bond acceptors (Lipinski definition) is 3. The fourth-order valence-corrected chi connectivity index (χ4v) is 2.14. The fourth-order valence-electron chi connectivity index (χ4n) is 1.36. The van der Waals surface area contributed by atoms with E-state index in [1.807, 2.05) is 32.1 Å². The van der Waals surface area contributed by atoms with Gasteiger partial charge in [-0.3, -0.25) is 4.79 Å². The van der Waals surface area contributed by atoms with Gasteiger partial charge in [-0.15, -0.1) is 11.3 Å². The maximum Gasteiger partial charge on any atom is 0.244 e. The number of nitrogens with one attached hydrogen (secondary N) is 1. The van der Waals surface area contributed by atoms with E-state index in [2.05, 4.69) is 5.32 Å². The molecule has 1 unspecified atom stereocenters. The van der Waals surface area contributed by atoms with E-state index >= 15 is 0 Å². The summed E-state index contributed by atoms with van der Waals surface area (Å²) in [5.74, 6) is 0.224. The van der Waals surface area contributed by atoms with E-state index in [0.29, 0.717) is 18.9 Å². The highest BCUT2D eigenvalue weighted by Crippen LogP contribution is 2.16. The summed E-state index contributed by atoms with van der Waals surface area (Å²) in [4.78, 5) is 13.8. The highest BCUT2D eigenvalue weighted by molar-refractivity contribution is 7.12. The SMILES string of the molecule is Cc1ccc(C=CC(=O)NCC(C)CCO)s1. The fraction of sp³-hybridized carbons (Fsp3) is 0.462. The molecule has 0 spiro atoms. The largest absolute Gasteiger partial charge is 0.396 e. The molecule has 2 N–H and O–H groups in total. The number of hydrogen-bond donors (Lipinski definition) is 2. The summed E-state index contributed by atoms with van der Waals surface area (Å²) in [7, 11) is 0. The van der Waals surface area contributed by atoms with E-state index in [1.165, 1.54) is 4.88 Å².